The van der Waals surface area contributed by atoms with E-state index in [1.165, 1.54) is 10.5 Å². The third kappa shape index (κ3) is 4.36. The summed E-state index contributed by atoms with van der Waals surface area (Å²) >= 11 is 1.87. The molecule has 1 atom stereocenters. The molecule has 0 radical (unpaired) electrons. The van der Waals surface area contributed by atoms with Crippen LogP contribution in [0.15, 0.2) is 29.2 Å². The zero-order chi connectivity index (χ0) is 13.4. The van der Waals surface area contributed by atoms with Crippen LogP contribution >= 0.6 is 11.8 Å². The van der Waals surface area contributed by atoms with Gasteiger partial charge >= 0.3 is 0 Å². The number of hydrogen-bond donors (Lipinski definition) is 1. The zero-order valence-corrected chi connectivity index (χ0v) is 12.3. The van der Waals surface area contributed by atoms with Gasteiger partial charge in [-0.2, -0.15) is 5.26 Å². The Morgan fingerprint density at radius 1 is 1.44 bits per heavy atom. The first-order valence-corrected chi connectivity index (χ1v) is 7.44. The zero-order valence-electron chi connectivity index (χ0n) is 11.5. The van der Waals surface area contributed by atoms with Crippen LogP contribution in [0.5, 0.6) is 0 Å². The summed E-state index contributed by atoms with van der Waals surface area (Å²) in [4.78, 5) is 1.32. The van der Waals surface area contributed by atoms with Crippen molar-refractivity contribution >= 4 is 11.8 Å². The van der Waals surface area contributed by atoms with Crippen LogP contribution in [0.25, 0.3) is 0 Å². The summed E-state index contributed by atoms with van der Waals surface area (Å²) in [6, 6.07) is 11.0. The van der Waals surface area contributed by atoms with E-state index in [1.54, 1.807) is 0 Å². The highest BCUT2D eigenvalue weighted by atomic mass is 32.2. The molecule has 0 amide bonds. The Labute approximate surface area is 115 Å². The smallest absolute Gasteiger partial charge is 0.106 e. The van der Waals surface area contributed by atoms with Gasteiger partial charge in [-0.05, 0) is 51.1 Å². The van der Waals surface area contributed by atoms with Crippen molar-refractivity contribution in [2.24, 2.45) is 0 Å². The standard InChI is InChI=1S/C15H22N2S/c1-4-15(12-16,17-3)9-6-10-18-14-8-5-7-13(2)11-14/h5,7-8,11,17H,4,6,9-10H2,1-3H3. The Bertz CT molecular complexity index is 405. The molecule has 0 aliphatic carbocycles. The quantitative estimate of drug-likeness (QED) is 0.600. The molecule has 0 aromatic heterocycles. The minimum atomic E-state index is -0.340. The molecule has 2 nitrogen and oxygen atoms in total. The fourth-order valence-corrected chi connectivity index (χ4v) is 2.91. The van der Waals surface area contributed by atoms with Gasteiger partial charge in [0.1, 0.15) is 5.54 Å². The maximum absolute atomic E-state index is 9.21. The highest BCUT2D eigenvalue weighted by Crippen LogP contribution is 2.23. The predicted molar refractivity (Wildman–Crippen MR) is 78.8 cm³/mol. The van der Waals surface area contributed by atoms with Crippen LogP contribution in [0.3, 0.4) is 0 Å². The van der Waals surface area contributed by atoms with Crippen molar-refractivity contribution in [3.63, 3.8) is 0 Å². The molecule has 0 aliphatic heterocycles. The van der Waals surface area contributed by atoms with Crippen LogP contribution in [0.4, 0.5) is 0 Å². The molecule has 0 saturated carbocycles. The number of rotatable bonds is 7. The van der Waals surface area contributed by atoms with Gasteiger partial charge in [-0.1, -0.05) is 24.6 Å². The molecular formula is C15H22N2S. The molecule has 1 aromatic rings. The molecule has 1 N–H and O–H groups in total. The lowest BCUT2D eigenvalue weighted by molar-refractivity contribution is 0.400. The first kappa shape index (κ1) is 15.1. The van der Waals surface area contributed by atoms with Gasteiger partial charge in [0, 0.05) is 4.90 Å². The van der Waals surface area contributed by atoms with Crippen LogP contribution in [-0.4, -0.2) is 18.3 Å². The summed E-state index contributed by atoms with van der Waals surface area (Å²) in [5.41, 5.74) is 0.961. The van der Waals surface area contributed by atoms with E-state index in [2.05, 4.69) is 49.5 Å². The summed E-state index contributed by atoms with van der Waals surface area (Å²) in [5.74, 6) is 1.06. The van der Waals surface area contributed by atoms with E-state index >= 15 is 0 Å². The van der Waals surface area contributed by atoms with E-state index in [-0.39, 0.29) is 5.54 Å². The molecule has 1 aromatic carbocycles. The lowest BCUT2D eigenvalue weighted by Crippen LogP contribution is -2.40. The van der Waals surface area contributed by atoms with Crippen molar-refractivity contribution in [2.45, 2.75) is 43.5 Å². The second-order valence-electron chi connectivity index (χ2n) is 4.57. The van der Waals surface area contributed by atoms with Gasteiger partial charge in [0.2, 0.25) is 0 Å². The highest BCUT2D eigenvalue weighted by molar-refractivity contribution is 7.99. The number of nitrogens with zero attached hydrogens (tertiary/aromatic N) is 1. The molecule has 98 valence electrons. The minimum absolute atomic E-state index is 0.340. The van der Waals surface area contributed by atoms with Crippen LogP contribution in [0.1, 0.15) is 31.7 Å². The fourth-order valence-electron chi connectivity index (χ4n) is 1.94. The fraction of sp³-hybridized carbons (Fsp3) is 0.533. The van der Waals surface area contributed by atoms with E-state index in [4.69, 9.17) is 0 Å². The Morgan fingerprint density at radius 2 is 2.22 bits per heavy atom. The van der Waals surface area contributed by atoms with E-state index in [1.807, 2.05) is 18.8 Å². The van der Waals surface area contributed by atoms with E-state index < -0.39 is 0 Å². The number of aryl methyl sites for hydroxylation is 1. The minimum Gasteiger partial charge on any atom is -0.302 e. The van der Waals surface area contributed by atoms with Gasteiger partial charge in [-0.25, -0.2) is 0 Å². The maximum atomic E-state index is 9.21. The molecule has 3 heteroatoms. The van der Waals surface area contributed by atoms with Gasteiger partial charge < -0.3 is 5.32 Å². The lowest BCUT2D eigenvalue weighted by atomic mass is 9.93. The van der Waals surface area contributed by atoms with Crippen LogP contribution in [0, 0.1) is 18.3 Å². The van der Waals surface area contributed by atoms with Gasteiger partial charge in [0.25, 0.3) is 0 Å². The van der Waals surface area contributed by atoms with E-state index in [9.17, 15) is 5.26 Å². The number of benzene rings is 1. The van der Waals surface area contributed by atoms with Crippen molar-refractivity contribution in [1.82, 2.24) is 5.32 Å². The van der Waals surface area contributed by atoms with Crippen LogP contribution in [0.2, 0.25) is 0 Å². The Morgan fingerprint density at radius 3 is 2.78 bits per heavy atom. The van der Waals surface area contributed by atoms with Crippen molar-refractivity contribution in [1.29, 1.82) is 5.26 Å². The lowest BCUT2D eigenvalue weighted by Gasteiger charge is -2.24. The average molecular weight is 262 g/mol. The molecule has 0 spiro atoms. The number of nitriles is 1. The Balaban J connectivity index is 2.37. The topological polar surface area (TPSA) is 35.8 Å². The first-order valence-electron chi connectivity index (χ1n) is 6.45. The van der Waals surface area contributed by atoms with E-state index in [0.717, 1.165) is 25.0 Å². The summed E-state index contributed by atoms with van der Waals surface area (Å²) in [6.07, 6.45) is 2.82. The molecular weight excluding hydrogens is 240 g/mol. The number of nitrogens with one attached hydrogen (secondary N) is 1. The van der Waals surface area contributed by atoms with Crippen molar-refractivity contribution < 1.29 is 0 Å². The molecule has 0 fully saturated rings. The van der Waals surface area contributed by atoms with Crippen LogP contribution in [-0.2, 0) is 0 Å². The summed E-state index contributed by atoms with van der Waals surface area (Å²) in [7, 11) is 1.88. The molecule has 0 saturated heterocycles. The van der Waals surface area contributed by atoms with Gasteiger partial charge in [-0.15, -0.1) is 11.8 Å². The normalized spacial score (nSPS) is 13.9. The third-order valence-corrected chi connectivity index (χ3v) is 4.38. The molecule has 1 rings (SSSR count). The van der Waals surface area contributed by atoms with Crippen molar-refractivity contribution in [2.75, 3.05) is 12.8 Å². The summed E-state index contributed by atoms with van der Waals surface area (Å²) in [6.45, 7) is 4.18. The monoisotopic (exact) mass is 262 g/mol. The summed E-state index contributed by atoms with van der Waals surface area (Å²) in [5, 5.41) is 12.4. The largest absolute Gasteiger partial charge is 0.302 e. The highest BCUT2D eigenvalue weighted by Gasteiger charge is 2.24. The third-order valence-electron chi connectivity index (χ3n) is 3.30. The molecule has 1 unspecified atom stereocenters. The van der Waals surface area contributed by atoms with Gasteiger partial charge in [-0.3, -0.25) is 0 Å². The molecule has 18 heavy (non-hydrogen) atoms. The van der Waals surface area contributed by atoms with Crippen molar-refractivity contribution in [3.8, 4) is 6.07 Å². The Hall–Kier alpha value is -0.980. The number of hydrogen-bond acceptors (Lipinski definition) is 3. The molecule has 0 aliphatic rings. The second-order valence-corrected chi connectivity index (χ2v) is 5.73. The van der Waals surface area contributed by atoms with Crippen molar-refractivity contribution in [3.05, 3.63) is 29.8 Å². The predicted octanol–water partition coefficient (Wildman–Crippen LogP) is 3.76. The molecule has 0 bridgehead atoms. The first-order chi connectivity index (χ1) is 8.65. The molecule has 0 heterocycles. The number of thioether (sulfide) groups is 1. The van der Waals surface area contributed by atoms with Gasteiger partial charge in [0.05, 0.1) is 6.07 Å². The SMILES string of the molecule is CCC(C#N)(CCCSc1cccc(C)c1)NC. The summed E-state index contributed by atoms with van der Waals surface area (Å²) < 4.78 is 0. The average Bonchev–Trinajstić information content (AvgIpc) is 2.40. The van der Waals surface area contributed by atoms with Gasteiger partial charge in [0.15, 0.2) is 0 Å². The van der Waals surface area contributed by atoms with Crippen LogP contribution < -0.4 is 5.32 Å². The van der Waals surface area contributed by atoms with E-state index in [0.29, 0.717) is 0 Å². The maximum Gasteiger partial charge on any atom is 0.106 e. The Kier molecular flexibility index (Phi) is 6.24. The second kappa shape index (κ2) is 7.45.